The quantitative estimate of drug-likeness (QED) is 0.324. The summed E-state index contributed by atoms with van der Waals surface area (Å²) in [6.07, 6.45) is -1.15. The van der Waals surface area contributed by atoms with Crippen LogP contribution in [-0.4, -0.2) is 46.8 Å². The van der Waals surface area contributed by atoms with Crippen molar-refractivity contribution in [3.63, 3.8) is 0 Å². The maximum absolute atomic E-state index is 12.8. The number of carboxylic acid groups (broad SMARTS) is 1. The first-order valence-electron chi connectivity index (χ1n) is 9.52. The van der Waals surface area contributed by atoms with E-state index in [1.807, 2.05) is 36.4 Å². The van der Waals surface area contributed by atoms with Crippen LogP contribution in [-0.2, 0) is 30.4 Å². The van der Waals surface area contributed by atoms with Gasteiger partial charge in [-0.3, -0.25) is 24.0 Å². The summed E-state index contributed by atoms with van der Waals surface area (Å²) in [5.74, 6) is -4.33. The summed E-state index contributed by atoms with van der Waals surface area (Å²) in [7, 11) is 0. The molecule has 0 aliphatic carbocycles. The van der Waals surface area contributed by atoms with Gasteiger partial charge in [0, 0.05) is 12.8 Å². The molecule has 2 rings (SSSR count). The minimum absolute atomic E-state index is 0.0670. The van der Waals surface area contributed by atoms with Gasteiger partial charge in [-0.15, -0.1) is 0 Å². The summed E-state index contributed by atoms with van der Waals surface area (Å²) in [5.41, 5.74) is 11.0. The zero-order valence-corrected chi connectivity index (χ0v) is 16.7. The maximum atomic E-state index is 12.8. The number of hydrogen-bond acceptors (Lipinski definition) is 5. The van der Waals surface area contributed by atoms with E-state index in [1.54, 1.807) is 6.07 Å². The van der Waals surface area contributed by atoms with Crippen LogP contribution in [0.2, 0.25) is 0 Å². The average molecular weight is 428 g/mol. The lowest BCUT2D eigenvalue weighted by molar-refractivity contribution is -0.139. The lowest BCUT2D eigenvalue weighted by Gasteiger charge is -2.21. The molecule has 0 aromatic heterocycles. The van der Waals surface area contributed by atoms with Crippen LogP contribution in [0.1, 0.15) is 24.8 Å². The van der Waals surface area contributed by atoms with Crippen LogP contribution in [0.3, 0.4) is 0 Å². The number of carboxylic acids is 1. The molecule has 164 valence electrons. The van der Waals surface area contributed by atoms with E-state index in [9.17, 15) is 24.0 Å². The Morgan fingerprint density at radius 2 is 1.55 bits per heavy atom. The molecular weight excluding hydrogens is 404 g/mol. The number of primary amides is 2. The number of carbonyl (C=O) groups is 5. The molecule has 0 heterocycles. The van der Waals surface area contributed by atoms with Crippen LogP contribution in [0, 0.1) is 0 Å². The van der Waals surface area contributed by atoms with Gasteiger partial charge in [0.2, 0.25) is 23.6 Å². The number of carbonyl (C=O) groups excluding carboxylic acids is 4. The third-order valence-electron chi connectivity index (χ3n) is 4.54. The van der Waals surface area contributed by atoms with Crippen LogP contribution in [0.15, 0.2) is 42.5 Å². The highest BCUT2D eigenvalue weighted by Crippen LogP contribution is 2.17. The number of amides is 4. The number of benzene rings is 2. The lowest BCUT2D eigenvalue weighted by atomic mass is 10.0. The molecule has 0 aliphatic heterocycles. The summed E-state index contributed by atoms with van der Waals surface area (Å²) in [4.78, 5) is 58.3. The third-order valence-corrected chi connectivity index (χ3v) is 4.54. The van der Waals surface area contributed by atoms with Gasteiger partial charge in [0.05, 0.1) is 12.8 Å². The Bertz CT molecular complexity index is 1010. The highest BCUT2D eigenvalue weighted by molar-refractivity contribution is 5.94. The molecule has 4 amide bonds. The number of nitrogens with one attached hydrogen (secondary N) is 2. The minimum Gasteiger partial charge on any atom is -0.481 e. The highest BCUT2D eigenvalue weighted by Gasteiger charge is 2.27. The number of rotatable bonds is 11. The standard InChI is InChI=1S/C21H24N4O6/c22-17(26)11-15(20(23)30)25-21(31)16(24-18(27)7-8-19(28)29)10-12-5-6-13-3-1-2-4-14(13)9-12/h1-6,9,15-16H,7-8,10-11H2,(H2,22,26)(H2,23,30)(H,24,27)(H,25,31)(H,28,29)/t15-,16-/m0/s1. The lowest BCUT2D eigenvalue weighted by Crippen LogP contribution is -2.54. The van der Waals surface area contributed by atoms with Gasteiger partial charge in [-0.1, -0.05) is 42.5 Å². The van der Waals surface area contributed by atoms with Crippen LogP contribution in [0.25, 0.3) is 10.8 Å². The Labute approximate surface area is 178 Å². The molecule has 2 atom stereocenters. The van der Waals surface area contributed by atoms with E-state index in [0.717, 1.165) is 16.3 Å². The Kier molecular flexibility index (Phi) is 8.07. The maximum Gasteiger partial charge on any atom is 0.303 e. The second-order valence-electron chi connectivity index (χ2n) is 7.03. The van der Waals surface area contributed by atoms with Crippen molar-refractivity contribution < 1.29 is 29.1 Å². The van der Waals surface area contributed by atoms with Crippen LogP contribution < -0.4 is 22.1 Å². The Balaban J connectivity index is 2.22. The van der Waals surface area contributed by atoms with Crippen molar-refractivity contribution in [3.05, 3.63) is 48.0 Å². The van der Waals surface area contributed by atoms with Gasteiger partial charge in [0.15, 0.2) is 0 Å². The Morgan fingerprint density at radius 1 is 0.871 bits per heavy atom. The van der Waals surface area contributed by atoms with Gasteiger partial charge in [-0.05, 0) is 16.3 Å². The predicted molar refractivity (Wildman–Crippen MR) is 111 cm³/mol. The molecule has 0 spiro atoms. The zero-order valence-electron chi connectivity index (χ0n) is 16.7. The molecule has 0 aliphatic rings. The van der Waals surface area contributed by atoms with Crippen LogP contribution in [0.5, 0.6) is 0 Å². The number of fused-ring (bicyclic) bond motifs is 1. The van der Waals surface area contributed by atoms with Crippen molar-refractivity contribution in [1.29, 1.82) is 0 Å². The molecule has 7 N–H and O–H groups in total. The molecular formula is C21H24N4O6. The van der Waals surface area contributed by atoms with Crippen molar-refractivity contribution in [2.24, 2.45) is 11.5 Å². The molecule has 0 bridgehead atoms. The molecule has 0 unspecified atom stereocenters. The van der Waals surface area contributed by atoms with E-state index < -0.39 is 54.5 Å². The fourth-order valence-corrected chi connectivity index (χ4v) is 2.99. The van der Waals surface area contributed by atoms with E-state index >= 15 is 0 Å². The van der Waals surface area contributed by atoms with Gasteiger partial charge in [-0.25, -0.2) is 0 Å². The molecule has 10 heteroatoms. The molecule has 0 radical (unpaired) electrons. The zero-order chi connectivity index (χ0) is 23.0. The van der Waals surface area contributed by atoms with Crippen molar-refractivity contribution >= 4 is 40.4 Å². The van der Waals surface area contributed by atoms with E-state index in [1.165, 1.54) is 0 Å². The number of aliphatic carboxylic acids is 1. The molecule has 2 aromatic carbocycles. The monoisotopic (exact) mass is 428 g/mol. The fourth-order valence-electron chi connectivity index (χ4n) is 2.99. The Hall–Kier alpha value is -3.95. The van der Waals surface area contributed by atoms with E-state index in [4.69, 9.17) is 16.6 Å². The highest BCUT2D eigenvalue weighted by atomic mass is 16.4. The SMILES string of the molecule is NC(=O)C[C@H](NC(=O)[C@H](Cc1ccc2ccccc2c1)NC(=O)CCC(=O)O)C(N)=O. The van der Waals surface area contributed by atoms with Crippen molar-refractivity contribution in [2.75, 3.05) is 0 Å². The molecule has 0 fully saturated rings. The van der Waals surface area contributed by atoms with Gasteiger partial charge in [0.25, 0.3) is 0 Å². The van der Waals surface area contributed by atoms with Crippen LogP contribution >= 0.6 is 0 Å². The van der Waals surface area contributed by atoms with Gasteiger partial charge >= 0.3 is 5.97 Å². The van der Waals surface area contributed by atoms with Crippen LogP contribution in [0.4, 0.5) is 0 Å². The van der Waals surface area contributed by atoms with E-state index in [2.05, 4.69) is 10.6 Å². The topological polar surface area (TPSA) is 182 Å². The second-order valence-corrected chi connectivity index (χ2v) is 7.03. The summed E-state index contributed by atoms with van der Waals surface area (Å²) < 4.78 is 0. The first kappa shape index (κ1) is 23.3. The van der Waals surface area contributed by atoms with Crippen molar-refractivity contribution in [3.8, 4) is 0 Å². The van der Waals surface area contributed by atoms with Gasteiger partial charge in [0.1, 0.15) is 12.1 Å². The fraction of sp³-hybridized carbons (Fsp3) is 0.286. The Morgan fingerprint density at radius 3 is 2.16 bits per heavy atom. The first-order valence-corrected chi connectivity index (χ1v) is 9.52. The largest absolute Gasteiger partial charge is 0.481 e. The molecule has 31 heavy (non-hydrogen) atoms. The summed E-state index contributed by atoms with van der Waals surface area (Å²) in [5, 5.41) is 15.5. The smallest absolute Gasteiger partial charge is 0.303 e. The van der Waals surface area contributed by atoms with E-state index in [-0.39, 0.29) is 12.8 Å². The van der Waals surface area contributed by atoms with Crippen molar-refractivity contribution in [1.82, 2.24) is 10.6 Å². The molecule has 2 aromatic rings. The average Bonchev–Trinajstić information content (AvgIpc) is 2.70. The summed E-state index contributed by atoms with van der Waals surface area (Å²) in [6.45, 7) is 0. The van der Waals surface area contributed by atoms with E-state index in [0.29, 0.717) is 0 Å². The first-order chi connectivity index (χ1) is 14.7. The molecule has 0 saturated carbocycles. The molecule has 0 saturated heterocycles. The minimum atomic E-state index is -1.33. The van der Waals surface area contributed by atoms with Gasteiger partial charge < -0.3 is 27.2 Å². The normalized spacial score (nSPS) is 12.5. The number of hydrogen-bond donors (Lipinski definition) is 5. The van der Waals surface area contributed by atoms with Gasteiger partial charge in [-0.2, -0.15) is 0 Å². The summed E-state index contributed by atoms with van der Waals surface area (Å²) >= 11 is 0. The third kappa shape index (κ3) is 7.42. The predicted octanol–water partition coefficient (Wildman–Crippen LogP) is -0.423. The molecule has 10 nitrogen and oxygen atoms in total. The summed E-state index contributed by atoms with van der Waals surface area (Å²) in [6, 6.07) is 10.6. The second kappa shape index (κ2) is 10.7. The van der Waals surface area contributed by atoms with Crippen molar-refractivity contribution in [2.45, 2.75) is 37.8 Å². The number of nitrogens with two attached hydrogens (primary N) is 2.